The second kappa shape index (κ2) is 9.87. The van der Waals surface area contributed by atoms with Crippen LogP contribution in [0.1, 0.15) is 41.8 Å². The molecule has 3 aromatic rings. The fraction of sp³-hybridized carbons (Fsp3) is 0.333. The summed E-state index contributed by atoms with van der Waals surface area (Å²) in [5, 5.41) is 15.3. The summed E-state index contributed by atoms with van der Waals surface area (Å²) < 4.78 is 86.3. The summed E-state index contributed by atoms with van der Waals surface area (Å²) in [7, 11) is 0. The Balaban J connectivity index is 1.71. The van der Waals surface area contributed by atoms with Crippen molar-refractivity contribution in [3.63, 3.8) is 0 Å². The predicted molar refractivity (Wildman–Crippen MR) is 120 cm³/mol. The number of nitrogens with zero attached hydrogens (tertiary/aromatic N) is 3. The second-order valence-electron chi connectivity index (χ2n) is 8.58. The molecule has 2 N–H and O–H groups in total. The molecule has 0 unspecified atom stereocenters. The molecule has 1 amide bonds. The highest BCUT2D eigenvalue weighted by molar-refractivity contribution is 6.27. The second-order valence-corrected chi connectivity index (χ2v) is 8.58. The Labute approximate surface area is 206 Å². The van der Waals surface area contributed by atoms with Crippen molar-refractivity contribution in [2.45, 2.75) is 44.1 Å². The predicted octanol–water partition coefficient (Wildman–Crippen LogP) is 5.12. The third-order valence-corrected chi connectivity index (χ3v) is 5.97. The fourth-order valence-corrected chi connectivity index (χ4v) is 4.10. The van der Waals surface area contributed by atoms with Gasteiger partial charge in [0.25, 0.3) is 5.91 Å². The lowest BCUT2D eigenvalue weighted by atomic mass is 9.76. The van der Waals surface area contributed by atoms with E-state index in [1.54, 1.807) is 24.3 Å². The number of carbonyl (C=O) groups is 1. The van der Waals surface area contributed by atoms with Gasteiger partial charge in [-0.25, -0.2) is 0 Å². The summed E-state index contributed by atoms with van der Waals surface area (Å²) in [6.45, 7) is 1.56. The molecule has 0 aliphatic carbocycles. The third-order valence-electron chi connectivity index (χ3n) is 5.97. The van der Waals surface area contributed by atoms with E-state index in [0.717, 1.165) is 17.7 Å². The fourth-order valence-electron chi connectivity index (χ4n) is 4.10. The van der Waals surface area contributed by atoms with Crippen LogP contribution in [0.5, 0.6) is 5.75 Å². The number of aryl methyl sites for hydroxylation is 1. The van der Waals surface area contributed by atoms with Crippen LogP contribution in [0.25, 0.3) is 11.1 Å². The molecule has 0 radical (unpaired) electrons. The number of nitrogens with one attached hydrogen (secondary N) is 2. The van der Waals surface area contributed by atoms with Crippen LogP contribution in [-0.4, -0.2) is 45.5 Å². The topological polar surface area (TPSA) is 92.8 Å². The number of aromatic nitrogens is 4. The van der Waals surface area contributed by atoms with Gasteiger partial charge in [0.15, 0.2) is 5.54 Å². The van der Waals surface area contributed by atoms with E-state index in [0.29, 0.717) is 5.56 Å². The van der Waals surface area contributed by atoms with Gasteiger partial charge in [-0.1, -0.05) is 42.0 Å². The van der Waals surface area contributed by atoms with Gasteiger partial charge in [-0.3, -0.25) is 4.79 Å². The third kappa shape index (κ3) is 5.59. The number of hydrogen-bond donors (Lipinski definition) is 2. The number of aromatic amines is 1. The Bertz CT molecular complexity index is 1270. The Kier molecular flexibility index (Phi) is 6.98. The minimum atomic E-state index is -4.92. The largest absolute Gasteiger partial charge is 0.494 e. The van der Waals surface area contributed by atoms with E-state index in [4.69, 9.17) is 4.74 Å². The summed E-state index contributed by atoms with van der Waals surface area (Å²) in [6.07, 6.45) is -11.2. The van der Waals surface area contributed by atoms with Crippen molar-refractivity contribution in [1.29, 1.82) is 0 Å². The van der Waals surface area contributed by atoms with Crippen LogP contribution in [0.4, 0.5) is 26.3 Å². The minimum absolute atomic E-state index is 0.0787. The molecule has 0 bridgehead atoms. The van der Waals surface area contributed by atoms with Crippen molar-refractivity contribution < 1.29 is 35.9 Å². The zero-order valence-electron chi connectivity index (χ0n) is 19.4. The highest BCUT2D eigenvalue weighted by atomic mass is 19.4. The molecule has 0 spiro atoms. The van der Waals surface area contributed by atoms with Crippen LogP contribution >= 0.6 is 0 Å². The van der Waals surface area contributed by atoms with Crippen molar-refractivity contribution in [2.75, 3.05) is 6.61 Å². The highest BCUT2D eigenvalue weighted by Gasteiger charge is 2.59. The number of rotatable bonds is 7. The minimum Gasteiger partial charge on any atom is -0.494 e. The van der Waals surface area contributed by atoms with E-state index in [2.05, 4.69) is 25.9 Å². The summed E-state index contributed by atoms with van der Waals surface area (Å²) in [5.74, 6) is -1.08. The number of halogens is 6. The summed E-state index contributed by atoms with van der Waals surface area (Å²) in [4.78, 5) is 13.2. The summed E-state index contributed by atoms with van der Waals surface area (Å²) in [5.41, 5.74) is -1.87. The van der Waals surface area contributed by atoms with Crippen molar-refractivity contribution >= 4 is 17.1 Å². The van der Waals surface area contributed by atoms with Gasteiger partial charge in [0.05, 0.1) is 12.2 Å². The molecule has 1 aliphatic heterocycles. The standard InChI is InChI=1S/C24H21F6N5O2/c1-14-3-5-15(6-4-14)18-13-22(24(28,29)30,31-21(36)19(18)20-32-34-35-33-20)16-7-9-17(10-8-16)37-12-2-11-23(25,26)27/h3-10H,2,11-13H2,1H3,(H,31,36)(H,32,33,34,35)/t22-/m1/s1. The number of hydrogen-bond acceptors (Lipinski definition) is 5. The van der Waals surface area contributed by atoms with Gasteiger partial charge in [-0.2, -0.15) is 31.6 Å². The number of carbonyl (C=O) groups excluding carboxylic acids is 1. The molecule has 0 fully saturated rings. The lowest BCUT2D eigenvalue weighted by Crippen LogP contribution is -2.58. The molecular formula is C24H21F6N5O2. The first-order valence-corrected chi connectivity index (χ1v) is 11.1. The average molecular weight is 525 g/mol. The van der Waals surface area contributed by atoms with E-state index in [9.17, 15) is 31.1 Å². The van der Waals surface area contributed by atoms with Gasteiger partial charge in [-0.15, -0.1) is 10.2 Å². The maximum absolute atomic E-state index is 14.7. The molecule has 7 nitrogen and oxygen atoms in total. The molecule has 1 aliphatic rings. The molecule has 2 aromatic carbocycles. The first-order chi connectivity index (χ1) is 17.4. The van der Waals surface area contributed by atoms with Crippen LogP contribution in [0.3, 0.4) is 0 Å². The van der Waals surface area contributed by atoms with Crippen molar-refractivity contribution in [3.8, 4) is 5.75 Å². The van der Waals surface area contributed by atoms with E-state index < -0.39 is 36.6 Å². The SMILES string of the molecule is Cc1ccc(C2=C(c3nn[nH]n3)C(=O)N[C@](c3ccc(OCCCC(F)(F)F)cc3)(C(F)(F)F)C2)cc1. The lowest BCUT2D eigenvalue weighted by Gasteiger charge is -2.41. The van der Waals surface area contributed by atoms with Crippen LogP contribution in [0, 0.1) is 6.92 Å². The van der Waals surface area contributed by atoms with Crippen molar-refractivity contribution in [2.24, 2.45) is 0 Å². The van der Waals surface area contributed by atoms with Gasteiger partial charge in [0.2, 0.25) is 5.82 Å². The molecule has 37 heavy (non-hydrogen) atoms. The molecule has 196 valence electrons. The Morgan fingerprint density at radius 1 is 1.00 bits per heavy atom. The molecule has 13 heteroatoms. The number of H-pyrrole nitrogens is 1. The van der Waals surface area contributed by atoms with Crippen LogP contribution < -0.4 is 10.1 Å². The molecule has 1 atom stereocenters. The lowest BCUT2D eigenvalue weighted by molar-refractivity contribution is -0.201. The molecule has 0 saturated carbocycles. The maximum atomic E-state index is 14.7. The number of benzene rings is 2. The van der Waals surface area contributed by atoms with Crippen LogP contribution in [-0.2, 0) is 10.3 Å². The van der Waals surface area contributed by atoms with Gasteiger partial charge in [0, 0.05) is 12.8 Å². The van der Waals surface area contributed by atoms with Gasteiger partial charge >= 0.3 is 12.4 Å². The monoisotopic (exact) mass is 525 g/mol. The Hall–Kier alpha value is -3.90. The van der Waals surface area contributed by atoms with Gasteiger partial charge in [-0.05, 0) is 47.4 Å². The Morgan fingerprint density at radius 2 is 1.68 bits per heavy atom. The first kappa shape index (κ1) is 26.2. The van der Waals surface area contributed by atoms with Gasteiger partial charge in [0.1, 0.15) is 5.75 Å². The molecule has 2 heterocycles. The maximum Gasteiger partial charge on any atom is 0.416 e. The Morgan fingerprint density at radius 3 is 2.24 bits per heavy atom. The zero-order chi connectivity index (χ0) is 26.8. The number of tetrazole rings is 1. The molecule has 0 saturated heterocycles. The van der Waals surface area contributed by atoms with Crippen molar-refractivity contribution in [3.05, 3.63) is 71.0 Å². The molecular weight excluding hydrogens is 504 g/mol. The van der Waals surface area contributed by atoms with E-state index in [1.807, 2.05) is 6.92 Å². The highest BCUT2D eigenvalue weighted by Crippen LogP contribution is 2.49. The number of amides is 1. The van der Waals surface area contributed by atoms with Crippen molar-refractivity contribution in [1.82, 2.24) is 25.9 Å². The first-order valence-electron chi connectivity index (χ1n) is 11.1. The summed E-state index contributed by atoms with van der Waals surface area (Å²) >= 11 is 0. The smallest absolute Gasteiger partial charge is 0.416 e. The van der Waals surface area contributed by atoms with E-state index >= 15 is 0 Å². The average Bonchev–Trinajstić information content (AvgIpc) is 3.35. The van der Waals surface area contributed by atoms with Crippen LogP contribution in [0.15, 0.2) is 48.5 Å². The molecule has 4 rings (SSSR count). The number of alkyl halides is 6. The summed E-state index contributed by atoms with van der Waals surface area (Å²) in [6, 6.07) is 11.4. The zero-order valence-corrected chi connectivity index (χ0v) is 19.4. The number of ether oxygens (including phenoxy) is 1. The quantitative estimate of drug-likeness (QED) is 0.330. The van der Waals surface area contributed by atoms with E-state index in [-0.39, 0.29) is 41.3 Å². The van der Waals surface area contributed by atoms with E-state index in [1.165, 1.54) is 12.1 Å². The van der Waals surface area contributed by atoms with Gasteiger partial charge < -0.3 is 10.1 Å². The normalized spacial score (nSPS) is 18.6. The van der Waals surface area contributed by atoms with Crippen LogP contribution in [0.2, 0.25) is 0 Å². The molecule has 1 aromatic heterocycles.